The van der Waals surface area contributed by atoms with Crippen molar-refractivity contribution in [1.82, 2.24) is 10.6 Å². The summed E-state index contributed by atoms with van der Waals surface area (Å²) in [4.78, 5) is 12.4. The molecule has 5 heteroatoms. The van der Waals surface area contributed by atoms with E-state index in [0.29, 0.717) is 6.10 Å². The molecule has 4 atom stereocenters. The van der Waals surface area contributed by atoms with E-state index in [1.54, 1.807) is 0 Å². The molecule has 3 saturated heterocycles. The second kappa shape index (κ2) is 5.35. The fourth-order valence-corrected chi connectivity index (χ4v) is 3.56. The van der Waals surface area contributed by atoms with Crippen LogP contribution in [-0.2, 0) is 9.53 Å². The van der Waals surface area contributed by atoms with Gasteiger partial charge in [0.05, 0.1) is 23.8 Å². The van der Waals surface area contributed by atoms with E-state index in [1.807, 2.05) is 0 Å². The van der Waals surface area contributed by atoms with E-state index >= 15 is 0 Å². The van der Waals surface area contributed by atoms with Crippen molar-refractivity contribution in [3.8, 4) is 0 Å². The summed E-state index contributed by atoms with van der Waals surface area (Å²) in [7, 11) is 0. The van der Waals surface area contributed by atoms with Crippen LogP contribution in [0.2, 0.25) is 0 Å². The minimum atomic E-state index is -0.304. The number of fused-ring (bicyclic) bond motifs is 2. The number of hydrogen-bond donors (Lipinski definition) is 2. The highest BCUT2D eigenvalue weighted by Gasteiger charge is 2.45. The molecule has 0 aromatic carbocycles. The summed E-state index contributed by atoms with van der Waals surface area (Å²) in [5, 5.41) is 6.60. The van der Waals surface area contributed by atoms with Gasteiger partial charge in [-0.25, -0.2) is 0 Å². The van der Waals surface area contributed by atoms with Gasteiger partial charge in [0, 0.05) is 0 Å². The molecule has 18 heavy (non-hydrogen) atoms. The van der Waals surface area contributed by atoms with Crippen molar-refractivity contribution in [2.75, 3.05) is 6.54 Å². The molecule has 3 heterocycles. The van der Waals surface area contributed by atoms with Crippen molar-refractivity contribution in [3.05, 3.63) is 0 Å². The van der Waals surface area contributed by atoms with Crippen molar-refractivity contribution in [2.45, 2.75) is 69.2 Å². The highest BCUT2D eigenvalue weighted by atomic mass is 35.5. The SMILES string of the molecule is CCC1(C(=O)NC2CC3CCC2O3)CCCN1.Cl. The Hall–Kier alpha value is -0.320. The third-order valence-corrected chi connectivity index (χ3v) is 4.70. The third-order valence-electron chi connectivity index (χ3n) is 4.70. The first-order valence-corrected chi connectivity index (χ1v) is 6.95. The Morgan fingerprint density at radius 1 is 1.50 bits per heavy atom. The van der Waals surface area contributed by atoms with Crippen LogP contribution >= 0.6 is 12.4 Å². The summed E-state index contributed by atoms with van der Waals surface area (Å²) < 4.78 is 5.78. The highest BCUT2D eigenvalue weighted by molar-refractivity contribution is 5.87. The molecule has 104 valence electrons. The quantitative estimate of drug-likeness (QED) is 0.817. The lowest BCUT2D eigenvalue weighted by atomic mass is 9.90. The number of halogens is 1. The van der Waals surface area contributed by atoms with Crippen LogP contribution in [0.1, 0.15) is 45.4 Å². The van der Waals surface area contributed by atoms with E-state index in [2.05, 4.69) is 17.6 Å². The molecule has 3 rings (SSSR count). The van der Waals surface area contributed by atoms with E-state index in [9.17, 15) is 4.79 Å². The van der Waals surface area contributed by atoms with Gasteiger partial charge in [-0.05, 0) is 45.1 Å². The molecule has 4 unspecified atom stereocenters. The first kappa shape index (κ1) is 14.1. The maximum Gasteiger partial charge on any atom is 0.240 e. The highest BCUT2D eigenvalue weighted by Crippen LogP contribution is 2.35. The van der Waals surface area contributed by atoms with Gasteiger partial charge in [-0.15, -0.1) is 12.4 Å². The molecule has 3 aliphatic rings. The topological polar surface area (TPSA) is 50.4 Å². The Morgan fingerprint density at radius 3 is 2.83 bits per heavy atom. The number of ether oxygens (including phenoxy) is 1. The van der Waals surface area contributed by atoms with Crippen molar-refractivity contribution < 1.29 is 9.53 Å². The van der Waals surface area contributed by atoms with Crippen molar-refractivity contribution in [3.63, 3.8) is 0 Å². The van der Waals surface area contributed by atoms with E-state index in [-0.39, 0.29) is 36.0 Å². The Labute approximate surface area is 115 Å². The fourth-order valence-electron chi connectivity index (χ4n) is 3.56. The second-order valence-electron chi connectivity index (χ2n) is 5.66. The molecule has 0 aliphatic carbocycles. The molecule has 0 radical (unpaired) electrons. The van der Waals surface area contributed by atoms with Crippen molar-refractivity contribution in [1.29, 1.82) is 0 Å². The normalized spacial score (nSPS) is 41.7. The van der Waals surface area contributed by atoms with Gasteiger partial charge in [-0.2, -0.15) is 0 Å². The summed E-state index contributed by atoms with van der Waals surface area (Å²) >= 11 is 0. The number of carbonyl (C=O) groups is 1. The van der Waals surface area contributed by atoms with Gasteiger partial charge in [-0.1, -0.05) is 6.92 Å². The van der Waals surface area contributed by atoms with Crippen LogP contribution in [0.3, 0.4) is 0 Å². The van der Waals surface area contributed by atoms with E-state index in [4.69, 9.17) is 4.74 Å². The largest absolute Gasteiger partial charge is 0.373 e. The Bertz CT molecular complexity index is 318. The standard InChI is InChI=1S/C13H22N2O2.ClH/c1-2-13(6-3-7-14-13)12(16)15-10-8-9-4-5-11(10)17-9;/h9-11,14H,2-8H2,1H3,(H,15,16);1H. The molecule has 0 saturated carbocycles. The Balaban J connectivity index is 0.00000120. The van der Waals surface area contributed by atoms with Gasteiger partial charge in [0.2, 0.25) is 5.91 Å². The molecule has 4 nitrogen and oxygen atoms in total. The zero-order chi connectivity index (χ0) is 11.9. The first-order valence-electron chi connectivity index (χ1n) is 6.95. The van der Waals surface area contributed by atoms with Crippen molar-refractivity contribution >= 4 is 18.3 Å². The van der Waals surface area contributed by atoms with Crippen LogP contribution in [0, 0.1) is 0 Å². The van der Waals surface area contributed by atoms with Gasteiger partial charge in [0.25, 0.3) is 0 Å². The van der Waals surface area contributed by atoms with Crippen LogP contribution in [0.4, 0.5) is 0 Å². The summed E-state index contributed by atoms with van der Waals surface area (Å²) in [5.41, 5.74) is -0.304. The summed E-state index contributed by atoms with van der Waals surface area (Å²) in [6.07, 6.45) is 6.93. The predicted octanol–water partition coefficient (Wildman–Crippen LogP) is 1.38. The van der Waals surface area contributed by atoms with Gasteiger partial charge in [0.1, 0.15) is 0 Å². The zero-order valence-corrected chi connectivity index (χ0v) is 11.7. The van der Waals surface area contributed by atoms with Crippen LogP contribution in [0.15, 0.2) is 0 Å². The van der Waals surface area contributed by atoms with Crippen LogP contribution in [0.5, 0.6) is 0 Å². The minimum Gasteiger partial charge on any atom is -0.373 e. The van der Waals surface area contributed by atoms with Crippen LogP contribution < -0.4 is 10.6 Å². The third kappa shape index (κ3) is 2.26. The molecule has 1 amide bonds. The maximum absolute atomic E-state index is 12.4. The smallest absolute Gasteiger partial charge is 0.240 e. The lowest BCUT2D eigenvalue weighted by Crippen LogP contribution is -2.56. The first-order chi connectivity index (χ1) is 8.23. The van der Waals surface area contributed by atoms with E-state index < -0.39 is 0 Å². The molecule has 0 aromatic rings. The number of hydrogen-bond acceptors (Lipinski definition) is 3. The molecule has 0 spiro atoms. The lowest BCUT2D eigenvalue weighted by molar-refractivity contribution is -0.128. The van der Waals surface area contributed by atoms with Gasteiger partial charge in [0.15, 0.2) is 0 Å². The van der Waals surface area contributed by atoms with E-state index in [1.165, 1.54) is 6.42 Å². The van der Waals surface area contributed by atoms with Gasteiger partial charge in [-0.3, -0.25) is 4.79 Å². The Morgan fingerprint density at radius 2 is 2.33 bits per heavy atom. The number of amides is 1. The molecule has 0 aromatic heterocycles. The van der Waals surface area contributed by atoms with Gasteiger partial charge >= 0.3 is 0 Å². The fraction of sp³-hybridized carbons (Fsp3) is 0.923. The van der Waals surface area contributed by atoms with Gasteiger partial charge < -0.3 is 15.4 Å². The summed E-state index contributed by atoms with van der Waals surface area (Å²) in [5.74, 6) is 0.193. The summed E-state index contributed by atoms with van der Waals surface area (Å²) in [6.45, 7) is 3.06. The molecule has 2 N–H and O–H groups in total. The molecular weight excluding hydrogens is 252 g/mol. The molecule has 3 fully saturated rings. The zero-order valence-electron chi connectivity index (χ0n) is 10.9. The average Bonchev–Trinajstić information content (AvgIpc) is 3.05. The number of rotatable bonds is 3. The molecule has 3 aliphatic heterocycles. The second-order valence-corrected chi connectivity index (χ2v) is 5.66. The molecule has 2 bridgehead atoms. The van der Waals surface area contributed by atoms with E-state index in [0.717, 1.165) is 38.6 Å². The average molecular weight is 275 g/mol. The number of carbonyl (C=O) groups excluding carboxylic acids is 1. The maximum atomic E-state index is 12.4. The molecular formula is C13H23ClN2O2. The summed E-state index contributed by atoms with van der Waals surface area (Å²) in [6, 6.07) is 0.257. The minimum absolute atomic E-state index is 0. The van der Waals surface area contributed by atoms with Crippen molar-refractivity contribution in [2.24, 2.45) is 0 Å². The monoisotopic (exact) mass is 274 g/mol. The number of nitrogens with one attached hydrogen (secondary N) is 2. The van der Waals surface area contributed by atoms with Crippen LogP contribution in [0.25, 0.3) is 0 Å². The Kier molecular flexibility index (Phi) is 4.19. The van der Waals surface area contributed by atoms with Crippen LogP contribution in [-0.4, -0.2) is 36.2 Å². The predicted molar refractivity (Wildman–Crippen MR) is 71.9 cm³/mol. The lowest BCUT2D eigenvalue weighted by Gasteiger charge is -2.30.